The van der Waals surface area contributed by atoms with Crippen LogP contribution in [-0.2, 0) is 4.79 Å². The van der Waals surface area contributed by atoms with Crippen LogP contribution in [0.5, 0.6) is 0 Å². The van der Waals surface area contributed by atoms with Gasteiger partial charge in [-0.1, -0.05) is 0 Å². The first kappa shape index (κ1) is 11.3. The summed E-state index contributed by atoms with van der Waals surface area (Å²) in [7, 11) is 1.69. The van der Waals surface area contributed by atoms with Crippen molar-refractivity contribution in [2.75, 3.05) is 13.6 Å². The molecule has 17 heavy (non-hydrogen) atoms. The number of carbonyl (C=O) groups is 2. The van der Waals surface area contributed by atoms with Gasteiger partial charge in [0.25, 0.3) is 11.5 Å². The molecule has 0 aliphatic carbocycles. The normalized spacial score (nSPS) is 19.5. The summed E-state index contributed by atoms with van der Waals surface area (Å²) in [4.78, 5) is 35.6. The fraction of sp³-hybridized carbons (Fsp3) is 0.400. The first-order valence-electron chi connectivity index (χ1n) is 5.19. The van der Waals surface area contributed by atoms with Gasteiger partial charge in [0.2, 0.25) is 5.91 Å². The van der Waals surface area contributed by atoms with Crippen molar-refractivity contribution in [3.63, 3.8) is 0 Å². The van der Waals surface area contributed by atoms with Crippen molar-refractivity contribution < 1.29 is 9.59 Å². The number of likely N-dealkylation sites (N-methyl/N-ethyl adjacent to an activating group) is 1. The fourth-order valence-corrected chi connectivity index (χ4v) is 1.66. The minimum atomic E-state index is -0.499. The number of carbonyl (C=O) groups excluding carboxylic acids is 2. The maximum atomic E-state index is 11.7. The summed E-state index contributed by atoms with van der Waals surface area (Å²) >= 11 is 0. The lowest BCUT2D eigenvalue weighted by molar-refractivity contribution is -0.128. The lowest BCUT2D eigenvalue weighted by Gasteiger charge is -2.11. The molecule has 1 saturated heterocycles. The maximum absolute atomic E-state index is 11.7. The van der Waals surface area contributed by atoms with Crippen LogP contribution in [0.15, 0.2) is 16.9 Å². The second-order valence-corrected chi connectivity index (χ2v) is 3.88. The Morgan fingerprint density at radius 2 is 2.29 bits per heavy atom. The lowest BCUT2D eigenvalue weighted by Crippen LogP contribution is -2.41. The molecule has 2 rings (SSSR count). The van der Waals surface area contributed by atoms with E-state index in [0.29, 0.717) is 13.0 Å². The Morgan fingerprint density at radius 1 is 1.53 bits per heavy atom. The number of hydrogen-bond donors (Lipinski definition) is 2. The molecule has 0 spiro atoms. The second-order valence-electron chi connectivity index (χ2n) is 3.88. The van der Waals surface area contributed by atoms with E-state index in [0.717, 1.165) is 0 Å². The number of hydrogen-bond acceptors (Lipinski definition) is 4. The largest absolute Gasteiger partial charge is 0.344 e. The average Bonchev–Trinajstić information content (AvgIpc) is 2.62. The van der Waals surface area contributed by atoms with Crippen molar-refractivity contribution in [2.24, 2.45) is 0 Å². The zero-order valence-electron chi connectivity index (χ0n) is 9.27. The monoisotopic (exact) mass is 236 g/mol. The van der Waals surface area contributed by atoms with E-state index in [9.17, 15) is 14.4 Å². The van der Waals surface area contributed by atoms with E-state index in [-0.39, 0.29) is 17.2 Å². The molecular formula is C10H12N4O3. The van der Waals surface area contributed by atoms with Gasteiger partial charge in [-0.3, -0.25) is 14.4 Å². The predicted molar refractivity (Wildman–Crippen MR) is 58.4 cm³/mol. The Kier molecular flexibility index (Phi) is 2.90. The van der Waals surface area contributed by atoms with Crippen molar-refractivity contribution in [3.05, 3.63) is 28.2 Å². The van der Waals surface area contributed by atoms with Crippen molar-refractivity contribution in [1.82, 2.24) is 20.4 Å². The molecule has 90 valence electrons. The average molecular weight is 236 g/mol. The number of likely N-dealkylation sites (tertiary alicyclic amines) is 1. The fourth-order valence-electron chi connectivity index (χ4n) is 1.66. The van der Waals surface area contributed by atoms with Gasteiger partial charge in [0.1, 0.15) is 11.7 Å². The minimum absolute atomic E-state index is 0.0898. The summed E-state index contributed by atoms with van der Waals surface area (Å²) in [6, 6.07) is 2.03. The highest BCUT2D eigenvalue weighted by molar-refractivity contribution is 5.96. The van der Waals surface area contributed by atoms with E-state index in [1.165, 1.54) is 12.1 Å². The van der Waals surface area contributed by atoms with Gasteiger partial charge in [-0.25, -0.2) is 5.10 Å². The first-order valence-corrected chi connectivity index (χ1v) is 5.19. The second kappa shape index (κ2) is 4.36. The van der Waals surface area contributed by atoms with Crippen LogP contribution in [0.3, 0.4) is 0 Å². The summed E-state index contributed by atoms with van der Waals surface area (Å²) in [6.45, 7) is 0.628. The molecule has 2 amide bonds. The molecule has 7 nitrogen and oxygen atoms in total. The number of amides is 2. The molecule has 1 aliphatic heterocycles. The van der Waals surface area contributed by atoms with E-state index in [1.807, 2.05) is 0 Å². The molecule has 2 heterocycles. The van der Waals surface area contributed by atoms with Gasteiger partial charge >= 0.3 is 0 Å². The van der Waals surface area contributed by atoms with Crippen LogP contribution in [0.25, 0.3) is 0 Å². The highest BCUT2D eigenvalue weighted by atomic mass is 16.2. The summed E-state index contributed by atoms with van der Waals surface area (Å²) < 4.78 is 0. The SMILES string of the molecule is CN1CCC(NC(=O)c2ccc(=O)[nH]n2)C1=O. The Morgan fingerprint density at radius 3 is 2.82 bits per heavy atom. The summed E-state index contributed by atoms with van der Waals surface area (Å²) in [6.07, 6.45) is 0.588. The molecule has 0 bridgehead atoms. The number of aromatic nitrogens is 2. The predicted octanol–water partition coefficient (Wildman–Crippen LogP) is -1.27. The lowest BCUT2D eigenvalue weighted by atomic mass is 10.2. The molecule has 2 N–H and O–H groups in total. The van der Waals surface area contributed by atoms with Crippen LogP contribution >= 0.6 is 0 Å². The molecule has 1 aromatic heterocycles. The number of nitrogens with one attached hydrogen (secondary N) is 2. The minimum Gasteiger partial charge on any atom is -0.344 e. The molecule has 1 unspecified atom stereocenters. The van der Waals surface area contributed by atoms with Gasteiger partial charge in [0.05, 0.1) is 0 Å². The Balaban J connectivity index is 2.05. The Labute approximate surface area is 96.8 Å². The van der Waals surface area contributed by atoms with Gasteiger partial charge < -0.3 is 10.2 Å². The smallest absolute Gasteiger partial charge is 0.272 e. The quantitative estimate of drug-likeness (QED) is 0.669. The Hall–Kier alpha value is -2.18. The zero-order chi connectivity index (χ0) is 12.4. The van der Waals surface area contributed by atoms with E-state index < -0.39 is 11.9 Å². The van der Waals surface area contributed by atoms with Gasteiger partial charge in [0, 0.05) is 19.7 Å². The summed E-state index contributed by atoms with van der Waals surface area (Å²) in [5, 5.41) is 8.33. The van der Waals surface area contributed by atoms with Crippen LogP contribution in [0, 0.1) is 0 Å². The maximum Gasteiger partial charge on any atom is 0.272 e. The van der Waals surface area contributed by atoms with Gasteiger partial charge in [-0.05, 0) is 12.5 Å². The molecular weight excluding hydrogens is 224 g/mol. The van der Waals surface area contributed by atoms with Crippen LogP contribution < -0.4 is 10.9 Å². The van der Waals surface area contributed by atoms with Crippen LogP contribution in [0.1, 0.15) is 16.9 Å². The van der Waals surface area contributed by atoms with E-state index in [1.54, 1.807) is 11.9 Å². The molecule has 1 aromatic rings. The van der Waals surface area contributed by atoms with Crippen molar-refractivity contribution in [2.45, 2.75) is 12.5 Å². The van der Waals surface area contributed by atoms with Crippen LogP contribution in [-0.4, -0.2) is 46.5 Å². The topological polar surface area (TPSA) is 95.2 Å². The molecule has 1 fully saturated rings. The van der Waals surface area contributed by atoms with Crippen molar-refractivity contribution >= 4 is 11.8 Å². The molecule has 0 saturated carbocycles. The number of H-pyrrole nitrogens is 1. The van der Waals surface area contributed by atoms with Crippen molar-refractivity contribution in [1.29, 1.82) is 0 Å². The van der Waals surface area contributed by atoms with Gasteiger partial charge in [-0.2, -0.15) is 5.10 Å². The first-order chi connectivity index (χ1) is 8.08. The number of nitrogens with zero attached hydrogens (tertiary/aromatic N) is 2. The highest BCUT2D eigenvalue weighted by Crippen LogP contribution is 2.08. The van der Waals surface area contributed by atoms with Crippen LogP contribution in [0.4, 0.5) is 0 Å². The Bertz CT molecular complexity index is 490. The van der Waals surface area contributed by atoms with E-state index in [4.69, 9.17) is 0 Å². The number of aromatic amines is 1. The third-order valence-corrected chi connectivity index (χ3v) is 2.64. The molecule has 1 aliphatic rings. The standard InChI is InChI=1S/C10H12N4O3/c1-14-5-4-7(10(14)17)11-9(16)6-2-3-8(15)13-12-6/h2-3,7H,4-5H2,1H3,(H,11,16)(H,13,15). The molecule has 1 atom stereocenters. The highest BCUT2D eigenvalue weighted by Gasteiger charge is 2.30. The third kappa shape index (κ3) is 2.32. The van der Waals surface area contributed by atoms with E-state index in [2.05, 4.69) is 15.5 Å². The van der Waals surface area contributed by atoms with E-state index >= 15 is 0 Å². The van der Waals surface area contributed by atoms with Crippen molar-refractivity contribution in [3.8, 4) is 0 Å². The molecule has 0 radical (unpaired) electrons. The van der Waals surface area contributed by atoms with Crippen LogP contribution in [0.2, 0.25) is 0 Å². The molecule has 7 heteroatoms. The zero-order valence-corrected chi connectivity index (χ0v) is 9.27. The summed E-state index contributed by atoms with van der Waals surface area (Å²) in [5.41, 5.74) is -0.287. The third-order valence-electron chi connectivity index (χ3n) is 2.64. The number of rotatable bonds is 2. The summed E-state index contributed by atoms with van der Waals surface area (Å²) in [5.74, 6) is -0.572. The molecule has 0 aromatic carbocycles. The van der Waals surface area contributed by atoms with Gasteiger partial charge in [-0.15, -0.1) is 0 Å². The van der Waals surface area contributed by atoms with Gasteiger partial charge in [0.15, 0.2) is 0 Å².